The highest BCUT2D eigenvalue weighted by molar-refractivity contribution is 5.99. The summed E-state index contributed by atoms with van der Waals surface area (Å²) in [5.74, 6) is 0.152. The average Bonchev–Trinajstić information content (AvgIpc) is 3.06. The molecule has 1 aliphatic rings. The molecule has 0 bridgehead atoms. The summed E-state index contributed by atoms with van der Waals surface area (Å²) in [6, 6.07) is 18.3. The SMILES string of the molecule is CC.CC.Cc1cccc2c1C(=O)N(CCc1ccc3ccccc3n1)C2. The zero-order valence-corrected chi connectivity index (χ0v) is 17.1. The number of fused-ring (bicyclic) bond motifs is 2. The molecule has 1 amide bonds. The molecule has 0 saturated carbocycles. The highest BCUT2D eigenvalue weighted by atomic mass is 16.2. The Hall–Kier alpha value is -2.68. The molecule has 1 aliphatic heterocycles. The third-order valence-electron chi connectivity index (χ3n) is 4.52. The highest BCUT2D eigenvalue weighted by Gasteiger charge is 2.28. The maximum atomic E-state index is 12.6. The number of aromatic nitrogens is 1. The predicted octanol–water partition coefficient (Wildman–Crippen LogP) is 5.79. The Bertz CT molecular complexity index is 902. The number of rotatable bonds is 3. The van der Waals surface area contributed by atoms with Crippen molar-refractivity contribution in [2.45, 2.75) is 47.6 Å². The minimum atomic E-state index is 0.152. The van der Waals surface area contributed by atoms with E-state index in [0.717, 1.165) is 39.7 Å². The Balaban J connectivity index is 0.000000614. The quantitative estimate of drug-likeness (QED) is 0.590. The molecule has 0 atom stereocenters. The standard InChI is InChI=1S/C20H18N2O.2C2H6/c1-14-5-4-7-16-13-22(20(23)19(14)16)12-11-17-10-9-15-6-2-3-8-18(15)21-17;2*1-2/h2-10H,11-13H2,1H3;2*1-2H3. The van der Waals surface area contributed by atoms with E-state index in [9.17, 15) is 4.79 Å². The zero-order chi connectivity index (χ0) is 19.8. The first-order valence-electron chi connectivity index (χ1n) is 9.95. The van der Waals surface area contributed by atoms with E-state index in [1.807, 2.05) is 69.9 Å². The van der Waals surface area contributed by atoms with E-state index in [1.165, 1.54) is 0 Å². The fourth-order valence-electron chi connectivity index (χ4n) is 3.28. The molecule has 142 valence electrons. The number of para-hydroxylation sites is 1. The second kappa shape index (κ2) is 9.86. The Morgan fingerprint density at radius 2 is 1.67 bits per heavy atom. The number of carbonyl (C=O) groups excluding carboxylic acids is 1. The van der Waals surface area contributed by atoms with Crippen molar-refractivity contribution < 1.29 is 4.79 Å². The van der Waals surface area contributed by atoms with Gasteiger partial charge in [-0.15, -0.1) is 0 Å². The molecule has 0 radical (unpaired) electrons. The summed E-state index contributed by atoms with van der Waals surface area (Å²) in [7, 11) is 0. The van der Waals surface area contributed by atoms with Crippen molar-refractivity contribution in [1.82, 2.24) is 9.88 Å². The van der Waals surface area contributed by atoms with Crippen molar-refractivity contribution in [1.29, 1.82) is 0 Å². The van der Waals surface area contributed by atoms with E-state index >= 15 is 0 Å². The minimum Gasteiger partial charge on any atom is -0.334 e. The van der Waals surface area contributed by atoms with Gasteiger partial charge >= 0.3 is 0 Å². The van der Waals surface area contributed by atoms with Crippen molar-refractivity contribution >= 4 is 16.8 Å². The summed E-state index contributed by atoms with van der Waals surface area (Å²) >= 11 is 0. The Kier molecular flexibility index (Phi) is 7.54. The van der Waals surface area contributed by atoms with Gasteiger partial charge in [0, 0.05) is 36.2 Å². The maximum absolute atomic E-state index is 12.6. The summed E-state index contributed by atoms with van der Waals surface area (Å²) in [4.78, 5) is 19.2. The van der Waals surface area contributed by atoms with Crippen LogP contribution in [0.4, 0.5) is 0 Å². The highest BCUT2D eigenvalue weighted by Crippen LogP contribution is 2.25. The number of benzene rings is 2. The number of pyridine rings is 1. The smallest absolute Gasteiger partial charge is 0.254 e. The lowest BCUT2D eigenvalue weighted by atomic mass is 10.0. The van der Waals surface area contributed by atoms with E-state index < -0.39 is 0 Å². The fraction of sp³-hybridized carbons (Fsp3) is 0.333. The van der Waals surface area contributed by atoms with Crippen LogP contribution < -0.4 is 0 Å². The number of amides is 1. The van der Waals surface area contributed by atoms with Gasteiger partial charge in [-0.3, -0.25) is 9.78 Å². The van der Waals surface area contributed by atoms with Gasteiger partial charge in [0.05, 0.1) is 5.52 Å². The first-order chi connectivity index (χ1) is 13.2. The Morgan fingerprint density at radius 1 is 0.926 bits per heavy atom. The van der Waals surface area contributed by atoms with E-state index in [4.69, 9.17) is 0 Å². The molecule has 4 rings (SSSR count). The lowest BCUT2D eigenvalue weighted by Crippen LogP contribution is -2.26. The van der Waals surface area contributed by atoms with Crippen molar-refractivity contribution in [3.05, 3.63) is 77.0 Å². The molecule has 0 saturated heterocycles. The Labute approximate surface area is 163 Å². The van der Waals surface area contributed by atoms with E-state index in [0.29, 0.717) is 13.1 Å². The van der Waals surface area contributed by atoms with Crippen LogP contribution in [0.1, 0.15) is 54.9 Å². The molecular formula is C24H30N2O. The zero-order valence-electron chi connectivity index (χ0n) is 17.1. The van der Waals surface area contributed by atoms with Gasteiger partial charge in [0.15, 0.2) is 0 Å². The number of nitrogens with zero attached hydrogens (tertiary/aromatic N) is 2. The van der Waals surface area contributed by atoms with Gasteiger partial charge in [-0.2, -0.15) is 0 Å². The summed E-state index contributed by atoms with van der Waals surface area (Å²) in [5.41, 5.74) is 5.14. The van der Waals surface area contributed by atoms with E-state index in [1.54, 1.807) is 0 Å². The van der Waals surface area contributed by atoms with E-state index in [-0.39, 0.29) is 5.91 Å². The van der Waals surface area contributed by atoms with Crippen LogP contribution in [-0.4, -0.2) is 22.3 Å². The first-order valence-corrected chi connectivity index (χ1v) is 9.95. The molecule has 27 heavy (non-hydrogen) atoms. The second-order valence-electron chi connectivity index (χ2n) is 6.08. The van der Waals surface area contributed by atoms with E-state index in [2.05, 4.69) is 29.2 Å². The normalized spacial score (nSPS) is 12.0. The molecule has 0 spiro atoms. The molecule has 2 heterocycles. The summed E-state index contributed by atoms with van der Waals surface area (Å²) in [5, 5.41) is 1.15. The van der Waals surface area contributed by atoms with Gasteiger partial charge in [0.2, 0.25) is 0 Å². The van der Waals surface area contributed by atoms with Crippen LogP contribution in [0, 0.1) is 6.92 Å². The Morgan fingerprint density at radius 3 is 2.41 bits per heavy atom. The third kappa shape index (κ3) is 4.54. The molecule has 1 aromatic heterocycles. The summed E-state index contributed by atoms with van der Waals surface area (Å²) < 4.78 is 0. The van der Waals surface area contributed by atoms with Gasteiger partial charge in [-0.25, -0.2) is 0 Å². The second-order valence-corrected chi connectivity index (χ2v) is 6.08. The van der Waals surface area contributed by atoms with Crippen LogP contribution in [0.15, 0.2) is 54.6 Å². The number of hydrogen-bond acceptors (Lipinski definition) is 2. The van der Waals surface area contributed by atoms with Crippen molar-refractivity contribution in [2.24, 2.45) is 0 Å². The molecule has 0 fully saturated rings. The molecule has 0 aliphatic carbocycles. The molecular weight excluding hydrogens is 332 g/mol. The largest absolute Gasteiger partial charge is 0.334 e. The first kappa shape index (κ1) is 20.6. The molecule has 2 aromatic carbocycles. The predicted molar refractivity (Wildman–Crippen MR) is 114 cm³/mol. The minimum absolute atomic E-state index is 0.152. The van der Waals surface area contributed by atoms with Crippen LogP contribution in [0.25, 0.3) is 10.9 Å². The van der Waals surface area contributed by atoms with Crippen LogP contribution in [0.5, 0.6) is 0 Å². The lowest BCUT2D eigenvalue weighted by molar-refractivity contribution is 0.0779. The monoisotopic (exact) mass is 362 g/mol. The summed E-state index contributed by atoms with van der Waals surface area (Å²) in [6.07, 6.45) is 0.781. The van der Waals surface area contributed by atoms with Gasteiger partial charge in [0.1, 0.15) is 0 Å². The lowest BCUT2D eigenvalue weighted by Gasteiger charge is -2.15. The topological polar surface area (TPSA) is 33.2 Å². The van der Waals surface area contributed by atoms with Gasteiger partial charge in [-0.05, 0) is 30.2 Å². The fourth-order valence-corrected chi connectivity index (χ4v) is 3.28. The number of carbonyl (C=O) groups is 1. The number of aryl methyl sites for hydroxylation is 1. The average molecular weight is 363 g/mol. The third-order valence-corrected chi connectivity index (χ3v) is 4.52. The molecule has 3 aromatic rings. The van der Waals surface area contributed by atoms with Crippen molar-refractivity contribution in [3.63, 3.8) is 0 Å². The van der Waals surface area contributed by atoms with Crippen molar-refractivity contribution in [3.8, 4) is 0 Å². The van der Waals surface area contributed by atoms with Crippen LogP contribution in [0.3, 0.4) is 0 Å². The van der Waals surface area contributed by atoms with Gasteiger partial charge in [0.25, 0.3) is 5.91 Å². The van der Waals surface area contributed by atoms with Gasteiger partial charge < -0.3 is 4.90 Å². The maximum Gasteiger partial charge on any atom is 0.254 e. The van der Waals surface area contributed by atoms with Crippen LogP contribution >= 0.6 is 0 Å². The molecule has 0 N–H and O–H groups in total. The molecule has 3 nitrogen and oxygen atoms in total. The van der Waals surface area contributed by atoms with Crippen LogP contribution in [-0.2, 0) is 13.0 Å². The molecule has 3 heteroatoms. The number of hydrogen-bond donors (Lipinski definition) is 0. The van der Waals surface area contributed by atoms with Gasteiger partial charge in [-0.1, -0.05) is 70.2 Å². The van der Waals surface area contributed by atoms with Crippen LogP contribution in [0.2, 0.25) is 0 Å². The molecule has 0 unspecified atom stereocenters. The summed E-state index contributed by atoms with van der Waals surface area (Å²) in [6.45, 7) is 11.4. The van der Waals surface area contributed by atoms with Crippen molar-refractivity contribution in [2.75, 3.05) is 6.54 Å².